The molecule has 0 aliphatic carbocycles. The number of rotatable bonds is 10. The maximum atomic E-state index is 13.4. The number of hydrogen-bond acceptors (Lipinski definition) is 5. The Labute approximate surface area is 249 Å². The summed E-state index contributed by atoms with van der Waals surface area (Å²) < 4.78 is 12.2. The first-order valence-electron chi connectivity index (χ1n) is 12.9. The Balaban J connectivity index is 1.58. The van der Waals surface area contributed by atoms with E-state index in [1.165, 1.54) is 19.1 Å². The quantitative estimate of drug-likeness (QED) is 0.206. The van der Waals surface area contributed by atoms with E-state index >= 15 is 0 Å². The lowest BCUT2D eigenvalue weighted by Gasteiger charge is -2.24. The van der Waals surface area contributed by atoms with Crippen molar-refractivity contribution in [2.75, 3.05) is 37.9 Å². The predicted octanol–water partition coefficient (Wildman–Crippen LogP) is 6.99. The number of methoxy groups -OCH3 is 2. The number of urea groups is 1. The van der Waals surface area contributed by atoms with Gasteiger partial charge in [0.15, 0.2) is 0 Å². The standard InChI is InChI=1S/C30H31Cl2N5O4/c1-19(2)17-36(30(39)33-21-12-23(40-3)15-24(13-21)41-4)18-29(38)34-28-16-27(20-8-6-5-7-9-20)35-37(28)22-10-11-25(31)26(32)14-22/h5-16,19H,17-18H2,1-4H3,(H,33,39)(H,34,38). The molecule has 0 fully saturated rings. The zero-order chi connectivity index (χ0) is 29.5. The van der Waals surface area contributed by atoms with Gasteiger partial charge in [0.2, 0.25) is 5.91 Å². The average Bonchev–Trinajstić information content (AvgIpc) is 3.37. The molecule has 1 heterocycles. The minimum absolute atomic E-state index is 0.111. The number of amides is 3. The fraction of sp³-hybridized carbons (Fsp3) is 0.233. The minimum atomic E-state index is -0.438. The van der Waals surface area contributed by atoms with Crippen molar-refractivity contribution in [1.29, 1.82) is 0 Å². The first kappa shape index (κ1) is 29.8. The molecule has 0 aliphatic heterocycles. The van der Waals surface area contributed by atoms with Crippen LogP contribution in [0.25, 0.3) is 16.9 Å². The summed E-state index contributed by atoms with van der Waals surface area (Å²) >= 11 is 12.4. The molecular formula is C30H31Cl2N5O4. The molecule has 3 amide bonds. The van der Waals surface area contributed by atoms with E-state index < -0.39 is 11.9 Å². The van der Waals surface area contributed by atoms with Crippen molar-refractivity contribution >= 4 is 46.6 Å². The van der Waals surface area contributed by atoms with Crippen LogP contribution < -0.4 is 20.1 Å². The molecule has 0 bridgehead atoms. The Hall–Kier alpha value is -4.21. The second-order valence-electron chi connectivity index (χ2n) is 9.65. The summed E-state index contributed by atoms with van der Waals surface area (Å²) in [6, 6.07) is 21.1. The minimum Gasteiger partial charge on any atom is -0.497 e. The molecule has 1 aromatic heterocycles. The maximum absolute atomic E-state index is 13.4. The fourth-order valence-corrected chi connectivity index (χ4v) is 4.42. The van der Waals surface area contributed by atoms with Crippen LogP contribution in [0.1, 0.15) is 13.8 Å². The molecule has 214 valence electrons. The Morgan fingerprint density at radius 1 is 0.902 bits per heavy atom. The van der Waals surface area contributed by atoms with Gasteiger partial charge in [-0.15, -0.1) is 0 Å². The molecule has 4 rings (SSSR count). The van der Waals surface area contributed by atoms with Crippen molar-refractivity contribution in [3.8, 4) is 28.4 Å². The van der Waals surface area contributed by atoms with Crippen molar-refractivity contribution in [1.82, 2.24) is 14.7 Å². The van der Waals surface area contributed by atoms with Crippen LogP contribution in [0.15, 0.2) is 72.8 Å². The zero-order valence-electron chi connectivity index (χ0n) is 23.2. The maximum Gasteiger partial charge on any atom is 0.322 e. The van der Waals surface area contributed by atoms with Gasteiger partial charge in [-0.1, -0.05) is 67.4 Å². The molecular weight excluding hydrogens is 565 g/mol. The lowest BCUT2D eigenvalue weighted by Crippen LogP contribution is -2.42. The van der Waals surface area contributed by atoms with E-state index in [9.17, 15) is 9.59 Å². The number of ether oxygens (including phenoxy) is 2. The van der Waals surface area contributed by atoms with Crippen LogP contribution in [0.3, 0.4) is 0 Å². The molecule has 0 saturated heterocycles. The van der Waals surface area contributed by atoms with Crippen molar-refractivity contribution in [3.63, 3.8) is 0 Å². The van der Waals surface area contributed by atoms with Gasteiger partial charge in [-0.05, 0) is 24.1 Å². The number of nitrogens with zero attached hydrogens (tertiary/aromatic N) is 3. The van der Waals surface area contributed by atoms with Gasteiger partial charge < -0.3 is 25.0 Å². The SMILES string of the molecule is COc1cc(NC(=O)N(CC(=O)Nc2cc(-c3ccccc3)nn2-c2ccc(Cl)c(Cl)c2)CC(C)C)cc(OC)c1. The molecule has 0 aliphatic rings. The molecule has 9 nitrogen and oxygen atoms in total. The first-order chi connectivity index (χ1) is 19.7. The van der Waals surface area contributed by atoms with Crippen molar-refractivity contribution in [3.05, 3.63) is 82.8 Å². The summed E-state index contributed by atoms with van der Waals surface area (Å²) in [5.74, 6) is 1.18. The summed E-state index contributed by atoms with van der Waals surface area (Å²) in [6.45, 7) is 4.09. The first-order valence-corrected chi connectivity index (χ1v) is 13.6. The molecule has 2 N–H and O–H groups in total. The number of carbonyl (C=O) groups excluding carboxylic acids is 2. The Morgan fingerprint density at radius 3 is 2.20 bits per heavy atom. The van der Waals surface area contributed by atoms with Gasteiger partial charge in [-0.25, -0.2) is 9.48 Å². The van der Waals surface area contributed by atoms with Gasteiger partial charge in [0, 0.05) is 42.1 Å². The smallest absolute Gasteiger partial charge is 0.322 e. The number of halogens is 2. The average molecular weight is 597 g/mol. The second kappa shape index (κ2) is 13.4. The molecule has 0 saturated carbocycles. The van der Waals surface area contributed by atoms with Crippen LogP contribution in [0, 0.1) is 5.92 Å². The lowest BCUT2D eigenvalue weighted by molar-refractivity contribution is -0.116. The van der Waals surface area contributed by atoms with Gasteiger partial charge >= 0.3 is 6.03 Å². The van der Waals surface area contributed by atoms with Crippen LogP contribution >= 0.6 is 23.2 Å². The molecule has 11 heteroatoms. The number of nitrogens with one attached hydrogen (secondary N) is 2. The van der Waals surface area contributed by atoms with Crippen LogP contribution in [-0.2, 0) is 4.79 Å². The van der Waals surface area contributed by atoms with Crippen LogP contribution in [0.2, 0.25) is 10.0 Å². The van der Waals surface area contributed by atoms with Crippen molar-refractivity contribution in [2.45, 2.75) is 13.8 Å². The van der Waals surface area contributed by atoms with Crippen LogP contribution in [-0.4, -0.2) is 53.9 Å². The van der Waals surface area contributed by atoms with Gasteiger partial charge in [0.1, 0.15) is 23.9 Å². The number of benzene rings is 3. The lowest BCUT2D eigenvalue weighted by atomic mass is 10.1. The van der Waals surface area contributed by atoms with E-state index in [1.54, 1.807) is 47.1 Å². The number of aromatic nitrogens is 2. The summed E-state index contributed by atoms with van der Waals surface area (Å²) in [7, 11) is 3.06. The van der Waals surface area contributed by atoms with E-state index in [0.29, 0.717) is 51.0 Å². The van der Waals surface area contributed by atoms with Crippen LogP contribution in [0.4, 0.5) is 16.3 Å². The van der Waals surface area contributed by atoms with Gasteiger partial charge in [0.25, 0.3) is 0 Å². The molecule has 0 spiro atoms. The summed E-state index contributed by atoms with van der Waals surface area (Å²) in [6.07, 6.45) is 0. The van der Waals surface area contributed by atoms with E-state index in [2.05, 4.69) is 10.6 Å². The number of anilines is 2. The highest BCUT2D eigenvalue weighted by atomic mass is 35.5. The normalized spacial score (nSPS) is 10.8. The van der Waals surface area contributed by atoms with E-state index in [-0.39, 0.29) is 12.5 Å². The Bertz CT molecular complexity index is 1500. The third-order valence-electron chi connectivity index (χ3n) is 6.00. The largest absolute Gasteiger partial charge is 0.497 e. The van der Waals surface area contributed by atoms with E-state index in [1.807, 2.05) is 44.2 Å². The highest BCUT2D eigenvalue weighted by Gasteiger charge is 2.21. The second-order valence-corrected chi connectivity index (χ2v) is 10.5. The Kier molecular flexibility index (Phi) is 9.75. The van der Waals surface area contributed by atoms with E-state index in [4.69, 9.17) is 37.8 Å². The number of hydrogen-bond donors (Lipinski definition) is 2. The van der Waals surface area contributed by atoms with Crippen LogP contribution in [0.5, 0.6) is 11.5 Å². The molecule has 41 heavy (non-hydrogen) atoms. The molecule has 4 aromatic rings. The molecule has 3 aromatic carbocycles. The third-order valence-corrected chi connectivity index (χ3v) is 6.74. The monoisotopic (exact) mass is 595 g/mol. The van der Waals surface area contributed by atoms with Gasteiger partial charge in [-0.3, -0.25) is 4.79 Å². The summed E-state index contributed by atoms with van der Waals surface area (Å²) in [5.41, 5.74) is 2.61. The topological polar surface area (TPSA) is 97.7 Å². The Morgan fingerprint density at radius 2 is 1.59 bits per heavy atom. The third kappa shape index (κ3) is 7.71. The van der Waals surface area contributed by atoms with E-state index in [0.717, 1.165) is 5.56 Å². The highest BCUT2D eigenvalue weighted by molar-refractivity contribution is 6.42. The van der Waals surface area contributed by atoms with Gasteiger partial charge in [-0.2, -0.15) is 5.10 Å². The zero-order valence-corrected chi connectivity index (χ0v) is 24.7. The highest BCUT2D eigenvalue weighted by Crippen LogP contribution is 2.29. The van der Waals surface area contributed by atoms with Crippen molar-refractivity contribution < 1.29 is 19.1 Å². The summed E-state index contributed by atoms with van der Waals surface area (Å²) in [5, 5.41) is 11.2. The van der Waals surface area contributed by atoms with Gasteiger partial charge in [0.05, 0.1) is 35.6 Å². The fourth-order valence-electron chi connectivity index (χ4n) is 4.13. The predicted molar refractivity (Wildman–Crippen MR) is 163 cm³/mol. The summed E-state index contributed by atoms with van der Waals surface area (Å²) in [4.78, 5) is 28.1. The van der Waals surface area contributed by atoms with Crippen molar-refractivity contribution in [2.24, 2.45) is 5.92 Å². The molecule has 0 atom stereocenters. The molecule has 0 radical (unpaired) electrons. The number of carbonyl (C=O) groups is 2. The molecule has 0 unspecified atom stereocenters.